The monoisotopic (exact) mass is 251 g/mol. The molecule has 2 aromatic heterocycles. The van der Waals surface area contributed by atoms with Gasteiger partial charge in [-0.25, -0.2) is 4.39 Å². The largest absolute Gasteiger partial charge is 0.374 e. The predicted octanol–water partition coefficient (Wildman–Crippen LogP) is 3.14. The van der Waals surface area contributed by atoms with Crippen molar-refractivity contribution in [3.05, 3.63) is 30.1 Å². The molecule has 0 aliphatic rings. The minimum absolute atomic E-state index is 0.224. The van der Waals surface area contributed by atoms with E-state index < -0.39 is 0 Å². The number of nitrogen functional groups attached to an aromatic ring is 1. The van der Waals surface area contributed by atoms with Gasteiger partial charge in [0.1, 0.15) is 5.82 Å². The zero-order valence-corrected chi connectivity index (χ0v) is 9.61. The van der Waals surface area contributed by atoms with E-state index in [9.17, 15) is 4.39 Å². The molecule has 0 bridgehead atoms. The van der Waals surface area contributed by atoms with Crippen molar-refractivity contribution in [3.8, 4) is 9.88 Å². The second-order valence-corrected chi connectivity index (χ2v) is 5.33. The Bertz CT molecular complexity index is 659. The number of rotatable bonds is 1. The van der Waals surface area contributed by atoms with Gasteiger partial charge >= 0.3 is 0 Å². The maximum atomic E-state index is 13.0. The fraction of sp³-hybridized carbons (Fsp3) is 0. The maximum Gasteiger partial charge on any atom is 0.203 e. The fourth-order valence-electron chi connectivity index (χ4n) is 1.44. The van der Waals surface area contributed by atoms with E-state index in [0.29, 0.717) is 5.13 Å². The quantitative estimate of drug-likeness (QED) is 0.722. The highest BCUT2D eigenvalue weighted by Crippen LogP contribution is 2.35. The first kappa shape index (κ1) is 9.68. The Morgan fingerprint density at radius 2 is 2.00 bits per heavy atom. The van der Waals surface area contributed by atoms with E-state index in [0.717, 1.165) is 20.0 Å². The first-order valence-corrected chi connectivity index (χ1v) is 6.14. The van der Waals surface area contributed by atoms with Gasteiger partial charge in [-0.3, -0.25) is 0 Å². The van der Waals surface area contributed by atoms with Crippen LogP contribution >= 0.6 is 22.7 Å². The number of anilines is 1. The Morgan fingerprint density at radius 3 is 2.75 bits per heavy atom. The molecule has 0 radical (unpaired) electrons. The molecular weight excluding hydrogens is 245 g/mol. The average Bonchev–Trinajstić information content (AvgIpc) is 2.83. The van der Waals surface area contributed by atoms with E-state index in [2.05, 4.69) is 10.2 Å². The van der Waals surface area contributed by atoms with E-state index in [4.69, 9.17) is 5.73 Å². The number of nitrogens with zero attached hydrogens (tertiary/aromatic N) is 2. The number of hydrogen-bond acceptors (Lipinski definition) is 5. The van der Waals surface area contributed by atoms with Crippen molar-refractivity contribution < 1.29 is 4.39 Å². The van der Waals surface area contributed by atoms with Crippen LogP contribution in [0.25, 0.3) is 20.0 Å². The lowest BCUT2D eigenvalue weighted by Gasteiger charge is -1.86. The van der Waals surface area contributed by atoms with E-state index in [-0.39, 0.29) is 5.82 Å². The molecule has 0 spiro atoms. The first-order valence-electron chi connectivity index (χ1n) is 4.51. The van der Waals surface area contributed by atoms with Gasteiger partial charge in [0.15, 0.2) is 5.01 Å². The van der Waals surface area contributed by atoms with E-state index in [1.54, 1.807) is 6.07 Å². The van der Waals surface area contributed by atoms with Crippen molar-refractivity contribution in [2.24, 2.45) is 0 Å². The third-order valence-corrected chi connectivity index (χ3v) is 4.15. The lowest BCUT2D eigenvalue weighted by atomic mass is 10.2. The van der Waals surface area contributed by atoms with Gasteiger partial charge in [-0.15, -0.1) is 21.5 Å². The molecule has 0 aliphatic carbocycles. The Morgan fingerprint density at radius 1 is 1.12 bits per heavy atom. The number of nitrogens with two attached hydrogens (primary N) is 1. The molecule has 0 saturated carbocycles. The molecule has 0 aliphatic heterocycles. The Labute approximate surface area is 98.4 Å². The molecule has 80 valence electrons. The van der Waals surface area contributed by atoms with Crippen LogP contribution in [0.3, 0.4) is 0 Å². The van der Waals surface area contributed by atoms with Gasteiger partial charge in [0, 0.05) is 4.70 Å². The molecule has 3 nitrogen and oxygen atoms in total. The SMILES string of the molecule is Nc1nnc(-c2cc3ccc(F)cc3s2)s1. The zero-order valence-electron chi connectivity index (χ0n) is 7.98. The van der Waals surface area contributed by atoms with Crippen LogP contribution in [-0.4, -0.2) is 10.2 Å². The number of benzene rings is 1. The Kier molecular flexibility index (Phi) is 2.12. The van der Waals surface area contributed by atoms with Crippen LogP contribution in [-0.2, 0) is 0 Å². The number of hydrogen-bond donors (Lipinski definition) is 1. The van der Waals surface area contributed by atoms with Crippen molar-refractivity contribution in [2.45, 2.75) is 0 Å². The van der Waals surface area contributed by atoms with E-state index in [1.165, 1.54) is 34.8 Å². The molecule has 0 atom stereocenters. The summed E-state index contributed by atoms with van der Waals surface area (Å²) in [6, 6.07) is 6.70. The minimum atomic E-state index is -0.224. The summed E-state index contributed by atoms with van der Waals surface area (Å²) in [4.78, 5) is 0.967. The van der Waals surface area contributed by atoms with Crippen LogP contribution in [0, 0.1) is 5.82 Å². The standard InChI is InChI=1S/C10H6FN3S2/c11-6-2-1-5-3-8(15-7(5)4-6)9-13-14-10(12)16-9/h1-4H,(H2,12,14). The number of aromatic nitrogens is 2. The lowest BCUT2D eigenvalue weighted by molar-refractivity contribution is 0.630. The van der Waals surface area contributed by atoms with Gasteiger partial charge in [0.25, 0.3) is 0 Å². The summed E-state index contributed by atoms with van der Waals surface area (Å²) in [5, 5.41) is 9.95. The third kappa shape index (κ3) is 1.56. The van der Waals surface area contributed by atoms with Gasteiger partial charge in [-0.05, 0) is 23.6 Å². The van der Waals surface area contributed by atoms with Crippen molar-refractivity contribution in [3.63, 3.8) is 0 Å². The summed E-state index contributed by atoms with van der Waals surface area (Å²) in [5.41, 5.74) is 5.52. The number of fused-ring (bicyclic) bond motifs is 1. The topological polar surface area (TPSA) is 51.8 Å². The maximum absolute atomic E-state index is 13.0. The summed E-state index contributed by atoms with van der Waals surface area (Å²) in [6.07, 6.45) is 0. The van der Waals surface area contributed by atoms with Crippen molar-refractivity contribution in [1.82, 2.24) is 10.2 Å². The average molecular weight is 251 g/mol. The van der Waals surface area contributed by atoms with Crippen LogP contribution in [0.5, 0.6) is 0 Å². The molecule has 0 unspecified atom stereocenters. The number of thiophene rings is 1. The van der Waals surface area contributed by atoms with Crippen molar-refractivity contribution in [2.75, 3.05) is 5.73 Å². The highest BCUT2D eigenvalue weighted by molar-refractivity contribution is 7.26. The lowest BCUT2D eigenvalue weighted by Crippen LogP contribution is -1.79. The predicted molar refractivity (Wildman–Crippen MR) is 65.1 cm³/mol. The molecule has 2 N–H and O–H groups in total. The fourth-order valence-corrected chi connectivity index (χ4v) is 3.18. The normalized spacial score (nSPS) is 11.1. The third-order valence-electron chi connectivity index (χ3n) is 2.13. The molecular formula is C10H6FN3S2. The van der Waals surface area contributed by atoms with Gasteiger partial charge in [-0.2, -0.15) is 0 Å². The molecule has 0 amide bonds. The van der Waals surface area contributed by atoms with Gasteiger partial charge in [0.2, 0.25) is 5.13 Å². The second kappa shape index (κ2) is 3.50. The second-order valence-electron chi connectivity index (χ2n) is 3.24. The van der Waals surface area contributed by atoms with Gasteiger partial charge < -0.3 is 5.73 Å². The van der Waals surface area contributed by atoms with Crippen molar-refractivity contribution in [1.29, 1.82) is 0 Å². The molecule has 0 fully saturated rings. The summed E-state index contributed by atoms with van der Waals surface area (Å²) < 4.78 is 13.9. The highest BCUT2D eigenvalue weighted by Gasteiger charge is 2.09. The molecule has 1 aromatic carbocycles. The van der Waals surface area contributed by atoms with Gasteiger partial charge in [0.05, 0.1) is 4.88 Å². The van der Waals surface area contributed by atoms with Crippen LogP contribution in [0.2, 0.25) is 0 Å². The summed E-state index contributed by atoms with van der Waals surface area (Å²) in [7, 11) is 0. The Hall–Kier alpha value is -1.53. The molecule has 6 heteroatoms. The Balaban J connectivity index is 2.18. The van der Waals surface area contributed by atoms with Crippen LogP contribution in [0.1, 0.15) is 0 Å². The van der Waals surface area contributed by atoms with E-state index >= 15 is 0 Å². The first-order chi connectivity index (χ1) is 7.72. The van der Waals surface area contributed by atoms with Crippen LogP contribution in [0.4, 0.5) is 9.52 Å². The summed E-state index contributed by atoms with van der Waals surface area (Å²) in [6.45, 7) is 0. The van der Waals surface area contributed by atoms with Gasteiger partial charge in [-0.1, -0.05) is 17.4 Å². The van der Waals surface area contributed by atoms with E-state index in [1.807, 2.05) is 6.07 Å². The summed E-state index contributed by atoms with van der Waals surface area (Å²) >= 11 is 2.82. The number of halogens is 1. The van der Waals surface area contributed by atoms with Crippen LogP contribution in [0.15, 0.2) is 24.3 Å². The minimum Gasteiger partial charge on any atom is -0.374 e. The molecule has 3 rings (SSSR count). The molecule has 2 heterocycles. The van der Waals surface area contributed by atoms with Crippen molar-refractivity contribution >= 4 is 37.9 Å². The van der Waals surface area contributed by atoms with Crippen LogP contribution < -0.4 is 5.73 Å². The smallest absolute Gasteiger partial charge is 0.203 e. The summed E-state index contributed by atoms with van der Waals surface area (Å²) in [5.74, 6) is -0.224. The molecule has 0 saturated heterocycles. The molecule has 16 heavy (non-hydrogen) atoms. The zero-order chi connectivity index (χ0) is 11.1. The highest BCUT2D eigenvalue weighted by atomic mass is 32.1. The molecule has 3 aromatic rings.